The minimum atomic E-state index is -0.201. The lowest BCUT2D eigenvalue weighted by Gasteiger charge is -2.34. The number of carbonyl (C=O) groups is 2. The number of rotatable bonds is 3. The number of piperazine rings is 1. The first-order chi connectivity index (χ1) is 9.61. The van der Waals surface area contributed by atoms with E-state index in [1.165, 1.54) is 19.5 Å². The van der Waals surface area contributed by atoms with Crippen molar-refractivity contribution in [2.75, 3.05) is 39.9 Å². The number of aromatic nitrogens is 2. The molecule has 1 aliphatic rings. The Balaban J connectivity index is 1.92. The molecule has 20 heavy (non-hydrogen) atoms. The maximum atomic E-state index is 12.2. The molecule has 0 bridgehead atoms. The van der Waals surface area contributed by atoms with Gasteiger partial charge >= 0.3 is 0 Å². The summed E-state index contributed by atoms with van der Waals surface area (Å²) in [5.74, 6) is -0.265. The fourth-order valence-corrected chi connectivity index (χ4v) is 2.06. The molecule has 0 aromatic carbocycles. The maximum absolute atomic E-state index is 12.2. The molecule has 7 nitrogen and oxygen atoms in total. The second-order valence-electron chi connectivity index (χ2n) is 4.33. The van der Waals surface area contributed by atoms with E-state index in [9.17, 15) is 9.59 Å². The summed E-state index contributed by atoms with van der Waals surface area (Å²) in [4.78, 5) is 34.9. The van der Waals surface area contributed by atoms with E-state index in [2.05, 4.69) is 9.97 Å². The standard InChI is InChI=1S/C12H15ClN4O3/c1-20-8-11(18)16-2-4-17(5-3-16)12(19)9-6-15-10(13)7-14-9/h6-7H,2-5,8H2,1H3. The molecule has 2 heterocycles. The van der Waals surface area contributed by atoms with E-state index >= 15 is 0 Å². The molecular formula is C12H15ClN4O3. The number of halogens is 1. The zero-order valence-electron chi connectivity index (χ0n) is 11.1. The summed E-state index contributed by atoms with van der Waals surface area (Å²) in [6.07, 6.45) is 2.69. The van der Waals surface area contributed by atoms with Gasteiger partial charge in [0, 0.05) is 33.3 Å². The van der Waals surface area contributed by atoms with Crippen molar-refractivity contribution in [2.45, 2.75) is 0 Å². The van der Waals surface area contributed by atoms with Gasteiger partial charge in [-0.15, -0.1) is 0 Å². The van der Waals surface area contributed by atoms with Crippen molar-refractivity contribution in [1.29, 1.82) is 0 Å². The van der Waals surface area contributed by atoms with Gasteiger partial charge in [-0.1, -0.05) is 11.6 Å². The Morgan fingerprint density at radius 2 is 1.85 bits per heavy atom. The van der Waals surface area contributed by atoms with E-state index in [-0.39, 0.29) is 29.3 Å². The number of hydrogen-bond donors (Lipinski definition) is 0. The molecule has 1 fully saturated rings. The van der Waals surface area contributed by atoms with Gasteiger partial charge < -0.3 is 14.5 Å². The third kappa shape index (κ3) is 3.43. The van der Waals surface area contributed by atoms with Gasteiger partial charge in [-0.2, -0.15) is 0 Å². The Labute approximate surface area is 121 Å². The van der Waals surface area contributed by atoms with E-state index in [1.807, 2.05) is 0 Å². The van der Waals surface area contributed by atoms with Crippen LogP contribution in [-0.2, 0) is 9.53 Å². The second-order valence-corrected chi connectivity index (χ2v) is 4.72. The Kier molecular flexibility index (Phi) is 4.86. The molecule has 1 saturated heterocycles. The smallest absolute Gasteiger partial charge is 0.274 e. The number of nitrogens with zero attached hydrogens (tertiary/aromatic N) is 4. The molecule has 0 unspecified atom stereocenters. The number of hydrogen-bond acceptors (Lipinski definition) is 5. The average Bonchev–Trinajstić information content (AvgIpc) is 2.48. The van der Waals surface area contributed by atoms with Crippen molar-refractivity contribution in [3.8, 4) is 0 Å². The summed E-state index contributed by atoms with van der Waals surface area (Å²) in [5.41, 5.74) is 0.256. The zero-order chi connectivity index (χ0) is 14.5. The van der Waals surface area contributed by atoms with Crippen molar-refractivity contribution in [3.63, 3.8) is 0 Å². The highest BCUT2D eigenvalue weighted by Crippen LogP contribution is 2.08. The number of carbonyl (C=O) groups excluding carboxylic acids is 2. The molecule has 1 aromatic rings. The Hall–Kier alpha value is -1.73. The quantitative estimate of drug-likeness (QED) is 0.789. The van der Waals surface area contributed by atoms with Gasteiger partial charge in [0.2, 0.25) is 5.91 Å². The van der Waals surface area contributed by atoms with Crippen LogP contribution in [-0.4, -0.2) is 71.5 Å². The van der Waals surface area contributed by atoms with Crippen molar-refractivity contribution in [2.24, 2.45) is 0 Å². The van der Waals surface area contributed by atoms with Crippen LogP contribution >= 0.6 is 11.6 Å². The first kappa shape index (κ1) is 14.7. The SMILES string of the molecule is COCC(=O)N1CCN(C(=O)c2cnc(Cl)cn2)CC1. The molecule has 1 aromatic heterocycles. The molecule has 2 rings (SSSR count). The van der Waals surface area contributed by atoms with Gasteiger partial charge in [0.25, 0.3) is 5.91 Å². The van der Waals surface area contributed by atoms with Gasteiger partial charge in [-0.3, -0.25) is 9.59 Å². The summed E-state index contributed by atoms with van der Waals surface area (Å²) >= 11 is 5.63. The van der Waals surface area contributed by atoms with Crippen LogP contribution < -0.4 is 0 Å². The van der Waals surface area contributed by atoms with Crippen LogP contribution in [0, 0.1) is 0 Å². The van der Waals surface area contributed by atoms with E-state index in [0.29, 0.717) is 26.2 Å². The molecule has 1 aliphatic heterocycles. The van der Waals surface area contributed by atoms with Crippen LogP contribution in [0.25, 0.3) is 0 Å². The van der Waals surface area contributed by atoms with Crippen LogP contribution in [0.5, 0.6) is 0 Å². The average molecular weight is 299 g/mol. The van der Waals surface area contributed by atoms with Gasteiger partial charge in [-0.25, -0.2) is 9.97 Å². The van der Waals surface area contributed by atoms with Gasteiger partial charge in [0.1, 0.15) is 17.5 Å². The lowest BCUT2D eigenvalue weighted by Crippen LogP contribution is -2.51. The fraction of sp³-hybridized carbons (Fsp3) is 0.500. The van der Waals surface area contributed by atoms with Crippen molar-refractivity contribution in [3.05, 3.63) is 23.2 Å². The summed E-state index contributed by atoms with van der Waals surface area (Å²) in [6.45, 7) is 2.00. The Morgan fingerprint density at radius 3 is 2.40 bits per heavy atom. The number of methoxy groups -OCH3 is 1. The monoisotopic (exact) mass is 298 g/mol. The molecule has 0 aliphatic carbocycles. The third-order valence-electron chi connectivity index (χ3n) is 3.03. The minimum Gasteiger partial charge on any atom is -0.375 e. The van der Waals surface area contributed by atoms with Gasteiger partial charge in [-0.05, 0) is 0 Å². The maximum Gasteiger partial charge on any atom is 0.274 e. The predicted molar refractivity (Wildman–Crippen MR) is 71.4 cm³/mol. The Morgan fingerprint density at radius 1 is 1.20 bits per heavy atom. The van der Waals surface area contributed by atoms with E-state index in [0.717, 1.165) is 0 Å². The van der Waals surface area contributed by atoms with Gasteiger partial charge in [0.05, 0.1) is 12.4 Å². The molecule has 108 valence electrons. The zero-order valence-corrected chi connectivity index (χ0v) is 11.8. The van der Waals surface area contributed by atoms with Crippen LogP contribution in [0.4, 0.5) is 0 Å². The molecule has 8 heteroatoms. The Bertz CT molecular complexity index is 486. The second kappa shape index (κ2) is 6.62. The topological polar surface area (TPSA) is 75.6 Å². The van der Waals surface area contributed by atoms with E-state index in [4.69, 9.17) is 16.3 Å². The van der Waals surface area contributed by atoms with Crippen molar-refractivity contribution >= 4 is 23.4 Å². The highest BCUT2D eigenvalue weighted by atomic mass is 35.5. The third-order valence-corrected chi connectivity index (χ3v) is 3.22. The van der Waals surface area contributed by atoms with Crippen molar-refractivity contribution < 1.29 is 14.3 Å². The lowest BCUT2D eigenvalue weighted by atomic mass is 10.2. The highest BCUT2D eigenvalue weighted by molar-refractivity contribution is 6.29. The predicted octanol–water partition coefficient (Wildman–Crippen LogP) is 0.0608. The molecule has 0 spiro atoms. The van der Waals surface area contributed by atoms with Crippen LogP contribution in [0.15, 0.2) is 12.4 Å². The number of ether oxygens (including phenoxy) is 1. The largest absolute Gasteiger partial charge is 0.375 e. The highest BCUT2D eigenvalue weighted by Gasteiger charge is 2.25. The fourth-order valence-electron chi connectivity index (χ4n) is 1.96. The van der Waals surface area contributed by atoms with Crippen LogP contribution in [0.1, 0.15) is 10.5 Å². The normalized spacial score (nSPS) is 15.3. The summed E-state index contributed by atoms with van der Waals surface area (Å²) in [7, 11) is 1.48. The van der Waals surface area contributed by atoms with Crippen LogP contribution in [0.3, 0.4) is 0 Å². The molecule has 0 atom stereocenters. The first-order valence-corrected chi connectivity index (χ1v) is 6.53. The van der Waals surface area contributed by atoms with E-state index in [1.54, 1.807) is 9.80 Å². The van der Waals surface area contributed by atoms with Gasteiger partial charge in [0.15, 0.2) is 0 Å². The minimum absolute atomic E-state index is 0.0640. The molecular weight excluding hydrogens is 284 g/mol. The number of amides is 2. The summed E-state index contributed by atoms with van der Waals surface area (Å²) in [6, 6.07) is 0. The molecule has 0 saturated carbocycles. The lowest BCUT2D eigenvalue weighted by molar-refractivity contribution is -0.136. The van der Waals surface area contributed by atoms with Crippen LogP contribution in [0.2, 0.25) is 5.15 Å². The van der Waals surface area contributed by atoms with E-state index < -0.39 is 0 Å². The molecule has 0 radical (unpaired) electrons. The first-order valence-electron chi connectivity index (χ1n) is 6.15. The molecule has 2 amide bonds. The summed E-state index contributed by atoms with van der Waals surface area (Å²) < 4.78 is 4.81. The molecule has 0 N–H and O–H groups in total. The van der Waals surface area contributed by atoms with Crippen molar-refractivity contribution in [1.82, 2.24) is 19.8 Å². The summed E-state index contributed by atoms with van der Waals surface area (Å²) in [5, 5.41) is 0.247.